The summed E-state index contributed by atoms with van der Waals surface area (Å²) in [6, 6.07) is 5.44. The highest BCUT2D eigenvalue weighted by Crippen LogP contribution is 2.26. The van der Waals surface area contributed by atoms with Gasteiger partial charge in [-0.3, -0.25) is 10.3 Å². The highest BCUT2D eigenvalue weighted by atomic mass is 19.1. The molecular formula is C19H24FN3O4. The first-order valence-electron chi connectivity index (χ1n) is 8.45. The van der Waals surface area contributed by atoms with Crippen LogP contribution in [-0.2, 0) is 11.3 Å². The van der Waals surface area contributed by atoms with Crippen molar-refractivity contribution in [1.29, 1.82) is 0 Å². The van der Waals surface area contributed by atoms with Gasteiger partial charge in [0.25, 0.3) is 0 Å². The number of carbonyl (C=O) groups excluding carboxylic acids is 1. The second-order valence-electron chi connectivity index (χ2n) is 7.11. The number of hydrogen-bond donors (Lipinski definition) is 4. The number of rotatable bonds is 5. The van der Waals surface area contributed by atoms with Gasteiger partial charge >= 0.3 is 6.09 Å². The molecule has 0 radical (unpaired) electrons. The number of aromatic nitrogens is 1. The van der Waals surface area contributed by atoms with Crippen LogP contribution in [-0.4, -0.2) is 26.9 Å². The van der Waals surface area contributed by atoms with Crippen LogP contribution in [0.15, 0.2) is 30.5 Å². The summed E-state index contributed by atoms with van der Waals surface area (Å²) in [5.74, 6) is -0.878. The molecule has 146 valence electrons. The zero-order valence-electron chi connectivity index (χ0n) is 15.7. The summed E-state index contributed by atoms with van der Waals surface area (Å²) in [5, 5.41) is 24.6. The monoisotopic (exact) mass is 377 g/mol. The number of pyridine rings is 1. The van der Waals surface area contributed by atoms with Crippen LogP contribution >= 0.6 is 0 Å². The Morgan fingerprint density at radius 3 is 2.67 bits per heavy atom. The van der Waals surface area contributed by atoms with Crippen molar-refractivity contribution < 1.29 is 24.1 Å². The summed E-state index contributed by atoms with van der Waals surface area (Å²) < 4.78 is 19.8. The molecule has 1 heterocycles. The molecule has 0 aliphatic heterocycles. The maximum absolute atomic E-state index is 14.6. The normalized spacial score (nSPS) is 12.5. The molecule has 4 N–H and O–H groups in total. The second kappa shape index (κ2) is 8.22. The van der Waals surface area contributed by atoms with Gasteiger partial charge in [-0.15, -0.1) is 0 Å². The molecule has 0 aliphatic carbocycles. The Labute approximate surface area is 157 Å². The third kappa shape index (κ3) is 5.82. The molecule has 0 saturated heterocycles. The Morgan fingerprint density at radius 2 is 2.04 bits per heavy atom. The molecule has 1 amide bonds. The third-order valence-electron chi connectivity index (χ3n) is 3.61. The predicted molar refractivity (Wildman–Crippen MR) is 99.1 cm³/mol. The number of aromatic hydroxyl groups is 2. The fourth-order valence-corrected chi connectivity index (χ4v) is 2.37. The smallest absolute Gasteiger partial charge is 0.412 e. The molecule has 0 bridgehead atoms. The minimum atomic E-state index is -0.738. The number of anilines is 1. The minimum Gasteiger partial charge on any atom is -0.506 e. The van der Waals surface area contributed by atoms with Gasteiger partial charge in [-0.1, -0.05) is 12.1 Å². The molecule has 8 heteroatoms. The van der Waals surface area contributed by atoms with E-state index >= 15 is 0 Å². The predicted octanol–water partition coefficient (Wildman–Crippen LogP) is 3.83. The van der Waals surface area contributed by atoms with E-state index in [-0.39, 0.29) is 23.7 Å². The molecule has 2 rings (SSSR count). The average molecular weight is 377 g/mol. The lowest BCUT2D eigenvalue weighted by atomic mass is 10.1. The second-order valence-corrected chi connectivity index (χ2v) is 7.11. The lowest BCUT2D eigenvalue weighted by molar-refractivity contribution is 0.0635. The standard InChI is InChI=1S/C19H24FN3O4/c1-11(17-15(25)8-13(24)10-22-17)21-9-12-6-5-7-14(16(12)20)23-18(26)27-19(2,3)4/h5-8,10-11,21,24-25H,9H2,1-4H3,(H,23,26). The largest absolute Gasteiger partial charge is 0.506 e. The maximum Gasteiger partial charge on any atom is 0.412 e. The van der Waals surface area contributed by atoms with Crippen molar-refractivity contribution in [3.63, 3.8) is 0 Å². The fraction of sp³-hybridized carbons (Fsp3) is 0.368. The number of nitrogens with zero attached hydrogens (tertiary/aromatic N) is 1. The van der Waals surface area contributed by atoms with Crippen molar-refractivity contribution in [1.82, 2.24) is 10.3 Å². The van der Waals surface area contributed by atoms with Gasteiger partial charge in [0.1, 0.15) is 17.1 Å². The average Bonchev–Trinajstić information content (AvgIpc) is 2.53. The number of ether oxygens (including phenoxy) is 1. The zero-order valence-corrected chi connectivity index (χ0v) is 15.7. The van der Waals surface area contributed by atoms with Gasteiger partial charge in [0.15, 0.2) is 5.82 Å². The SMILES string of the molecule is CC(NCc1cccc(NC(=O)OC(C)(C)C)c1F)c1ncc(O)cc1O. The van der Waals surface area contributed by atoms with Crippen molar-refractivity contribution in [2.75, 3.05) is 5.32 Å². The Kier molecular flexibility index (Phi) is 6.22. The summed E-state index contributed by atoms with van der Waals surface area (Å²) in [6.07, 6.45) is 0.484. The molecule has 7 nitrogen and oxygen atoms in total. The van der Waals surface area contributed by atoms with Gasteiger partial charge in [-0.25, -0.2) is 9.18 Å². The summed E-state index contributed by atoms with van der Waals surface area (Å²) in [6.45, 7) is 7.05. The number of halogens is 1. The number of amides is 1. The highest BCUT2D eigenvalue weighted by molar-refractivity contribution is 5.85. The Morgan fingerprint density at radius 1 is 1.33 bits per heavy atom. The van der Waals surface area contributed by atoms with Gasteiger partial charge in [0, 0.05) is 18.2 Å². The van der Waals surface area contributed by atoms with Gasteiger partial charge in [0.05, 0.1) is 23.6 Å². The van der Waals surface area contributed by atoms with Crippen molar-refractivity contribution in [2.45, 2.75) is 45.9 Å². The molecule has 0 aliphatic rings. The fourth-order valence-electron chi connectivity index (χ4n) is 2.37. The summed E-state index contributed by atoms with van der Waals surface area (Å²) in [5.41, 5.74) is -0.0133. The van der Waals surface area contributed by atoms with E-state index in [0.717, 1.165) is 0 Å². The Bertz CT molecular complexity index is 821. The topological polar surface area (TPSA) is 104 Å². The van der Waals surface area contributed by atoms with Crippen molar-refractivity contribution in [3.05, 3.63) is 47.5 Å². The first-order valence-corrected chi connectivity index (χ1v) is 8.45. The van der Waals surface area contributed by atoms with Crippen molar-refractivity contribution in [2.24, 2.45) is 0 Å². The Hall–Kier alpha value is -2.87. The van der Waals surface area contributed by atoms with Crippen LogP contribution in [0.3, 0.4) is 0 Å². The molecule has 1 unspecified atom stereocenters. The lowest BCUT2D eigenvalue weighted by Crippen LogP contribution is -2.27. The molecule has 0 saturated carbocycles. The van der Waals surface area contributed by atoms with Gasteiger partial charge in [0.2, 0.25) is 0 Å². The summed E-state index contributed by atoms with van der Waals surface area (Å²) in [4.78, 5) is 15.8. The minimum absolute atomic E-state index is 0.0156. The van der Waals surface area contributed by atoms with E-state index < -0.39 is 23.6 Å². The third-order valence-corrected chi connectivity index (χ3v) is 3.61. The lowest BCUT2D eigenvalue weighted by Gasteiger charge is -2.20. The van der Waals surface area contributed by atoms with Crippen LogP contribution < -0.4 is 10.6 Å². The molecule has 1 atom stereocenters. The molecule has 0 spiro atoms. The summed E-state index contributed by atoms with van der Waals surface area (Å²) in [7, 11) is 0. The first kappa shape index (κ1) is 20.4. The van der Waals surface area contributed by atoms with Crippen LogP contribution in [0.5, 0.6) is 11.5 Å². The van der Waals surface area contributed by atoms with E-state index in [1.54, 1.807) is 39.8 Å². The number of carbonyl (C=O) groups is 1. The van der Waals surface area contributed by atoms with Crippen LogP contribution in [0.4, 0.5) is 14.9 Å². The van der Waals surface area contributed by atoms with Crippen molar-refractivity contribution >= 4 is 11.8 Å². The van der Waals surface area contributed by atoms with E-state index in [2.05, 4.69) is 15.6 Å². The Balaban J connectivity index is 2.06. The maximum atomic E-state index is 14.6. The highest BCUT2D eigenvalue weighted by Gasteiger charge is 2.19. The summed E-state index contributed by atoms with van der Waals surface area (Å²) >= 11 is 0. The zero-order chi connectivity index (χ0) is 20.2. The van der Waals surface area contributed by atoms with Gasteiger partial charge in [-0.2, -0.15) is 0 Å². The van der Waals surface area contributed by atoms with Gasteiger partial charge < -0.3 is 20.3 Å². The molecular weight excluding hydrogens is 353 g/mol. The van der Waals surface area contributed by atoms with E-state index in [4.69, 9.17) is 4.74 Å². The van der Waals surface area contributed by atoms with Crippen LogP contribution in [0.25, 0.3) is 0 Å². The van der Waals surface area contributed by atoms with Crippen LogP contribution in [0.1, 0.15) is 45.0 Å². The van der Waals surface area contributed by atoms with E-state index in [1.807, 2.05) is 0 Å². The van der Waals surface area contributed by atoms with Gasteiger partial charge in [-0.05, 0) is 33.8 Å². The first-order chi connectivity index (χ1) is 12.6. The quantitative estimate of drug-likeness (QED) is 0.631. The van der Waals surface area contributed by atoms with Crippen molar-refractivity contribution in [3.8, 4) is 11.5 Å². The van der Waals surface area contributed by atoms with E-state index in [9.17, 15) is 19.4 Å². The molecule has 1 aromatic heterocycles. The van der Waals surface area contributed by atoms with Crippen LogP contribution in [0, 0.1) is 5.82 Å². The van der Waals surface area contributed by atoms with E-state index in [1.165, 1.54) is 18.3 Å². The van der Waals surface area contributed by atoms with E-state index in [0.29, 0.717) is 11.3 Å². The van der Waals surface area contributed by atoms with Crippen LogP contribution in [0.2, 0.25) is 0 Å². The molecule has 1 aromatic carbocycles. The molecule has 0 fully saturated rings. The number of hydrogen-bond acceptors (Lipinski definition) is 6. The molecule has 27 heavy (non-hydrogen) atoms. The number of benzene rings is 1. The molecule has 2 aromatic rings. The number of nitrogens with one attached hydrogen (secondary N) is 2.